The Kier molecular flexibility index (Phi) is 14.9. The van der Waals surface area contributed by atoms with Gasteiger partial charge in [-0.05, 0) is 136 Å². The van der Waals surface area contributed by atoms with E-state index in [4.69, 9.17) is 18.5 Å². The van der Waals surface area contributed by atoms with Crippen LogP contribution in [0.5, 0.6) is 11.5 Å². The van der Waals surface area contributed by atoms with Gasteiger partial charge in [0.25, 0.3) is 0 Å². The van der Waals surface area contributed by atoms with E-state index >= 15 is 0 Å². The number of rotatable bonds is 9. The van der Waals surface area contributed by atoms with Crippen LogP contribution < -0.4 is 9.05 Å². The summed E-state index contributed by atoms with van der Waals surface area (Å²) in [6, 6.07) is 18.2. The van der Waals surface area contributed by atoms with Gasteiger partial charge in [0.05, 0.1) is 37.6 Å². The van der Waals surface area contributed by atoms with E-state index in [2.05, 4.69) is 41.5 Å². The van der Waals surface area contributed by atoms with Crippen molar-refractivity contribution in [2.45, 2.75) is 117 Å². The Morgan fingerprint density at radius 1 is 0.560 bits per heavy atom. The minimum atomic E-state index is -1.93. The molecule has 6 rings (SSSR count). The Morgan fingerprint density at radius 2 is 0.940 bits per heavy atom. The van der Waals surface area contributed by atoms with Crippen LogP contribution in [0, 0.1) is 59.2 Å². The maximum absolute atomic E-state index is 11.5. The summed E-state index contributed by atoms with van der Waals surface area (Å²) in [4.78, 5) is 9.58. The average molecular weight is 713 g/mol. The number of fused-ring (bicyclic) bond motifs is 2. The van der Waals surface area contributed by atoms with Crippen molar-refractivity contribution in [3.63, 3.8) is 0 Å². The summed E-state index contributed by atoms with van der Waals surface area (Å²) in [6.07, 6.45) is 8.91. The fourth-order valence-electron chi connectivity index (χ4n) is 9.91. The van der Waals surface area contributed by atoms with E-state index < -0.39 is 20.8 Å². The van der Waals surface area contributed by atoms with Gasteiger partial charge in [0.15, 0.2) is 0 Å². The topological polar surface area (TPSA) is 97.6 Å². The molecule has 4 aliphatic rings. The molecular formula is C42H65O7P. The maximum atomic E-state index is 11.5. The molecule has 2 heterocycles. The van der Waals surface area contributed by atoms with Crippen LogP contribution in [-0.4, -0.2) is 52.7 Å². The lowest BCUT2D eigenvalue weighted by molar-refractivity contribution is -0.106. The van der Waals surface area contributed by atoms with Gasteiger partial charge in [-0.25, -0.2) is 0 Å². The van der Waals surface area contributed by atoms with Crippen LogP contribution in [0.15, 0.2) is 60.7 Å². The third-order valence-electron chi connectivity index (χ3n) is 13.2. The van der Waals surface area contributed by atoms with E-state index in [0.29, 0.717) is 59.2 Å². The summed E-state index contributed by atoms with van der Waals surface area (Å²) >= 11 is 0. The molecule has 0 bridgehead atoms. The minimum Gasteiger partial charge on any atom is -0.418 e. The van der Waals surface area contributed by atoms with E-state index in [1.807, 2.05) is 36.4 Å². The molecule has 2 saturated carbocycles. The number of aliphatic hydroxyl groups excluding tert-OH is 2. The molecule has 4 fully saturated rings. The first-order valence-corrected chi connectivity index (χ1v) is 20.7. The van der Waals surface area contributed by atoms with Gasteiger partial charge < -0.3 is 33.6 Å². The van der Waals surface area contributed by atoms with Crippen LogP contribution in [0.4, 0.5) is 0 Å². The first kappa shape index (κ1) is 39.5. The fourth-order valence-corrected chi connectivity index (χ4v) is 10.5. The van der Waals surface area contributed by atoms with Crippen molar-refractivity contribution >= 4 is 8.60 Å². The van der Waals surface area contributed by atoms with Crippen LogP contribution in [-0.2, 0) is 9.47 Å². The van der Waals surface area contributed by atoms with Crippen molar-refractivity contribution in [2.24, 2.45) is 59.2 Å². The van der Waals surface area contributed by atoms with Gasteiger partial charge in [-0.2, -0.15) is 0 Å². The van der Waals surface area contributed by atoms with Gasteiger partial charge in [-0.1, -0.05) is 76.9 Å². The fraction of sp³-hybridized carbons (Fsp3) is 0.714. The zero-order chi connectivity index (χ0) is 35.8. The maximum Gasteiger partial charge on any atom is 0.460 e. The van der Waals surface area contributed by atoms with E-state index in [1.54, 1.807) is 24.3 Å². The van der Waals surface area contributed by atoms with Crippen LogP contribution in [0.3, 0.4) is 0 Å². The predicted molar refractivity (Wildman–Crippen MR) is 201 cm³/mol. The summed E-state index contributed by atoms with van der Waals surface area (Å²) in [5, 5.41) is 23.1. The molecule has 0 aromatic heterocycles. The highest BCUT2D eigenvalue weighted by molar-refractivity contribution is 7.41. The summed E-state index contributed by atoms with van der Waals surface area (Å²) in [5.41, 5.74) is 0. The lowest BCUT2D eigenvalue weighted by atomic mass is 9.59. The first-order chi connectivity index (χ1) is 24.0. The van der Waals surface area contributed by atoms with Crippen LogP contribution in [0.2, 0.25) is 0 Å². The standard InChI is InChI=1S/C30H54O4.C12H11O3P/c1-17-7-11-25(27-15-33-19(3)9-13-23(17)27)21(5)29(31)30(32)22(6)26-12-8-18(2)24-14-10-20(4)34-16-28(24)26;13-16(14-11-7-3-1-4-8-11)15-12-9-5-2-6-10-12/h17-32H,7-16H2,1-6H3;1-10,13H/t17-,18-,19?,20?,21?,22?,23?,24?,25+,26+,27?,28?,29?,30?;/m1./s1. The third kappa shape index (κ3) is 10.2. The summed E-state index contributed by atoms with van der Waals surface area (Å²) < 4.78 is 22.9. The van der Waals surface area contributed by atoms with Crippen LogP contribution in [0.25, 0.3) is 0 Å². The molecule has 8 heteroatoms. The van der Waals surface area contributed by atoms with Crippen molar-refractivity contribution in [1.29, 1.82) is 0 Å². The molecule has 10 unspecified atom stereocenters. The molecule has 2 aliphatic carbocycles. The molecule has 2 aromatic rings. The van der Waals surface area contributed by atoms with E-state index in [-0.39, 0.29) is 11.8 Å². The zero-order valence-electron chi connectivity index (χ0n) is 31.3. The molecule has 2 aromatic carbocycles. The number of hydrogen-bond donors (Lipinski definition) is 3. The van der Waals surface area contributed by atoms with Crippen LogP contribution >= 0.6 is 8.60 Å². The van der Waals surface area contributed by atoms with Gasteiger partial charge in [0, 0.05) is 0 Å². The summed E-state index contributed by atoms with van der Waals surface area (Å²) in [6.45, 7) is 15.3. The van der Waals surface area contributed by atoms with Gasteiger partial charge >= 0.3 is 8.60 Å². The second-order valence-corrected chi connectivity index (χ2v) is 17.1. The van der Waals surface area contributed by atoms with Gasteiger partial charge in [-0.15, -0.1) is 0 Å². The Labute approximate surface area is 303 Å². The number of ether oxygens (including phenoxy) is 2. The van der Waals surface area contributed by atoms with Crippen molar-refractivity contribution in [3.05, 3.63) is 60.7 Å². The van der Waals surface area contributed by atoms with Crippen molar-refractivity contribution in [3.8, 4) is 11.5 Å². The molecule has 0 spiro atoms. The molecule has 280 valence electrons. The highest BCUT2D eigenvalue weighted by Crippen LogP contribution is 2.50. The SMILES string of the molecule is CC1CCC2C(CO1)[C@H](C(C)C(O)C(O)C(C)[C@@H]1CC[C@@H](C)C3CCC(C)OCC31)CC[C@H]2C.OP(Oc1ccccc1)Oc1ccccc1. The molecule has 0 radical (unpaired) electrons. The predicted octanol–water partition coefficient (Wildman–Crippen LogP) is 9.30. The van der Waals surface area contributed by atoms with Gasteiger partial charge in [0.1, 0.15) is 11.5 Å². The number of aliphatic hydroxyl groups is 2. The third-order valence-corrected chi connectivity index (χ3v) is 13.9. The smallest absolute Gasteiger partial charge is 0.418 e. The van der Waals surface area contributed by atoms with Crippen molar-refractivity contribution in [2.75, 3.05) is 13.2 Å². The molecule has 0 amide bonds. The Hall–Kier alpha value is -1.73. The largest absolute Gasteiger partial charge is 0.460 e. The van der Waals surface area contributed by atoms with E-state index in [9.17, 15) is 15.1 Å². The van der Waals surface area contributed by atoms with E-state index in [1.165, 1.54) is 25.7 Å². The Balaban J connectivity index is 0.000000253. The Morgan fingerprint density at radius 3 is 1.32 bits per heavy atom. The number of hydrogen-bond acceptors (Lipinski definition) is 7. The highest BCUT2D eigenvalue weighted by Gasteiger charge is 2.47. The number of para-hydroxylation sites is 2. The first-order valence-electron chi connectivity index (χ1n) is 19.6. The molecule has 2 aliphatic heterocycles. The van der Waals surface area contributed by atoms with Crippen molar-refractivity contribution < 1.29 is 33.6 Å². The quantitative estimate of drug-likeness (QED) is 0.223. The Bertz CT molecular complexity index is 1160. The zero-order valence-corrected chi connectivity index (χ0v) is 32.2. The number of benzene rings is 2. The summed E-state index contributed by atoms with van der Waals surface area (Å²) in [7, 11) is -1.93. The second kappa shape index (κ2) is 18.9. The second-order valence-electron chi connectivity index (χ2n) is 16.3. The molecular weight excluding hydrogens is 647 g/mol. The van der Waals surface area contributed by atoms with Crippen LogP contribution in [0.1, 0.15) is 92.9 Å². The lowest BCUT2D eigenvalue weighted by Gasteiger charge is -2.47. The highest BCUT2D eigenvalue weighted by atomic mass is 31.2. The average Bonchev–Trinajstić information content (AvgIpc) is 3.45. The minimum absolute atomic E-state index is 0.0955. The normalized spacial score (nSPS) is 35.4. The van der Waals surface area contributed by atoms with E-state index in [0.717, 1.165) is 50.7 Å². The monoisotopic (exact) mass is 712 g/mol. The molecule has 14 atom stereocenters. The van der Waals surface area contributed by atoms with Gasteiger partial charge in [-0.3, -0.25) is 0 Å². The van der Waals surface area contributed by atoms with Gasteiger partial charge in [0.2, 0.25) is 0 Å². The molecule has 50 heavy (non-hydrogen) atoms. The molecule has 7 nitrogen and oxygen atoms in total. The lowest BCUT2D eigenvalue weighted by Crippen LogP contribution is -2.49. The summed E-state index contributed by atoms with van der Waals surface area (Å²) in [5.74, 6) is 6.13. The van der Waals surface area contributed by atoms with Crippen molar-refractivity contribution in [1.82, 2.24) is 0 Å². The molecule has 2 saturated heterocycles. The molecule has 3 N–H and O–H groups in total.